The minimum atomic E-state index is 0.0481. The number of piperidine rings is 1. The van der Waals surface area contributed by atoms with Crippen molar-refractivity contribution in [2.45, 2.75) is 26.3 Å². The highest BCUT2D eigenvalue weighted by Gasteiger charge is 2.26. The number of amides is 1. The quantitative estimate of drug-likeness (QED) is 0.723. The molecule has 0 atom stereocenters. The molecule has 2 aromatic heterocycles. The van der Waals surface area contributed by atoms with E-state index in [1.54, 1.807) is 11.3 Å². The summed E-state index contributed by atoms with van der Waals surface area (Å²) >= 11 is 1.60. The van der Waals surface area contributed by atoms with Crippen LogP contribution in [0.3, 0.4) is 0 Å². The maximum Gasteiger partial charge on any atom is 0.241 e. The number of benzene rings is 1. The number of anilines is 1. The number of likely N-dealkylation sites (tertiary alicyclic amines) is 1. The summed E-state index contributed by atoms with van der Waals surface area (Å²) in [5, 5.41) is 9.08. The first-order valence-corrected chi connectivity index (χ1v) is 10.0. The van der Waals surface area contributed by atoms with Gasteiger partial charge in [-0.3, -0.25) is 9.69 Å². The van der Waals surface area contributed by atoms with Crippen LogP contribution in [0.5, 0.6) is 0 Å². The van der Waals surface area contributed by atoms with E-state index < -0.39 is 0 Å². The van der Waals surface area contributed by atoms with Gasteiger partial charge >= 0.3 is 0 Å². The van der Waals surface area contributed by atoms with Crippen molar-refractivity contribution in [2.24, 2.45) is 5.92 Å². The number of nitrogens with zero attached hydrogens (tertiary/aromatic N) is 3. The molecule has 1 saturated heterocycles. The molecule has 6 nitrogen and oxygen atoms in total. The van der Waals surface area contributed by atoms with Crippen LogP contribution in [-0.4, -0.2) is 34.0 Å². The predicted octanol–water partition coefficient (Wildman–Crippen LogP) is 3.96. The van der Waals surface area contributed by atoms with E-state index in [1.165, 1.54) is 5.56 Å². The fraction of sp³-hybridized carbons (Fsp3) is 0.350. The average Bonchev–Trinajstić information content (AvgIpc) is 3.36. The van der Waals surface area contributed by atoms with Crippen LogP contribution in [0.1, 0.15) is 24.3 Å². The number of carbonyl (C=O) groups is 1. The first kappa shape index (κ1) is 17.9. The summed E-state index contributed by atoms with van der Waals surface area (Å²) in [6, 6.07) is 11.9. The zero-order chi connectivity index (χ0) is 18.6. The molecule has 0 radical (unpaired) electrons. The molecule has 4 rings (SSSR count). The summed E-state index contributed by atoms with van der Waals surface area (Å²) in [5.74, 6) is 1.43. The van der Waals surface area contributed by atoms with Gasteiger partial charge in [0.2, 0.25) is 17.6 Å². The summed E-state index contributed by atoms with van der Waals surface area (Å²) in [6.45, 7) is 4.37. The van der Waals surface area contributed by atoms with E-state index in [-0.39, 0.29) is 11.8 Å². The maximum atomic E-state index is 12.5. The van der Waals surface area contributed by atoms with Crippen molar-refractivity contribution in [3.8, 4) is 10.7 Å². The number of aryl methyl sites for hydroxylation is 1. The van der Waals surface area contributed by atoms with Crippen molar-refractivity contribution < 1.29 is 9.32 Å². The molecule has 1 aliphatic heterocycles. The van der Waals surface area contributed by atoms with Gasteiger partial charge in [0.15, 0.2) is 0 Å². The van der Waals surface area contributed by atoms with Crippen LogP contribution >= 0.6 is 11.3 Å². The molecule has 3 heterocycles. The first-order valence-electron chi connectivity index (χ1n) is 9.14. The van der Waals surface area contributed by atoms with E-state index in [1.807, 2.05) is 48.7 Å². The number of thiophene rings is 1. The summed E-state index contributed by atoms with van der Waals surface area (Å²) in [4.78, 5) is 20.2. The van der Waals surface area contributed by atoms with Crippen molar-refractivity contribution in [2.75, 3.05) is 18.4 Å². The summed E-state index contributed by atoms with van der Waals surface area (Å²) < 4.78 is 5.38. The second kappa shape index (κ2) is 8.02. The van der Waals surface area contributed by atoms with Crippen LogP contribution in [0.25, 0.3) is 10.7 Å². The molecular formula is C20H22N4O2S. The van der Waals surface area contributed by atoms with Gasteiger partial charge < -0.3 is 9.84 Å². The number of carbonyl (C=O) groups excluding carboxylic acids is 1. The Kier molecular flexibility index (Phi) is 5.31. The largest absolute Gasteiger partial charge is 0.338 e. The molecule has 1 fully saturated rings. The van der Waals surface area contributed by atoms with E-state index in [0.29, 0.717) is 18.3 Å². The fourth-order valence-electron chi connectivity index (χ4n) is 3.25. The predicted molar refractivity (Wildman–Crippen MR) is 105 cm³/mol. The van der Waals surface area contributed by atoms with Crippen LogP contribution < -0.4 is 5.32 Å². The van der Waals surface area contributed by atoms with Crippen LogP contribution in [-0.2, 0) is 11.3 Å². The summed E-state index contributed by atoms with van der Waals surface area (Å²) in [5.41, 5.74) is 2.05. The lowest BCUT2D eigenvalue weighted by atomic mass is 9.96. The number of hydrogen-bond donors (Lipinski definition) is 1. The van der Waals surface area contributed by atoms with Gasteiger partial charge in [0.1, 0.15) is 0 Å². The minimum Gasteiger partial charge on any atom is -0.338 e. The van der Waals surface area contributed by atoms with Gasteiger partial charge in [0, 0.05) is 11.6 Å². The van der Waals surface area contributed by atoms with Crippen molar-refractivity contribution in [3.05, 3.63) is 53.2 Å². The molecule has 0 spiro atoms. The second-order valence-corrected chi connectivity index (χ2v) is 7.84. The summed E-state index contributed by atoms with van der Waals surface area (Å²) in [6.07, 6.45) is 1.67. The van der Waals surface area contributed by atoms with Crippen molar-refractivity contribution in [1.82, 2.24) is 15.0 Å². The zero-order valence-corrected chi connectivity index (χ0v) is 16.0. The molecule has 0 saturated carbocycles. The normalized spacial score (nSPS) is 15.7. The van der Waals surface area contributed by atoms with Gasteiger partial charge in [-0.05, 0) is 56.4 Å². The average molecular weight is 382 g/mol. The monoisotopic (exact) mass is 382 g/mol. The standard InChI is InChI=1S/C20H22N4O2S/c1-14-4-6-16(7-5-14)21-20(25)15-8-10-24(11-9-15)13-18-22-19(23-26-18)17-3-2-12-27-17/h2-7,12,15H,8-11,13H2,1H3,(H,21,25). The zero-order valence-electron chi connectivity index (χ0n) is 15.2. The Bertz CT molecular complexity index is 881. The second-order valence-electron chi connectivity index (χ2n) is 6.89. The minimum absolute atomic E-state index is 0.0481. The third-order valence-corrected chi connectivity index (χ3v) is 5.71. The SMILES string of the molecule is Cc1ccc(NC(=O)C2CCN(Cc3nc(-c4cccs4)no3)CC2)cc1. The van der Waals surface area contributed by atoms with Gasteiger partial charge in [-0.15, -0.1) is 11.3 Å². The Morgan fingerprint density at radius 1 is 1.26 bits per heavy atom. The van der Waals surface area contributed by atoms with Gasteiger partial charge in [-0.2, -0.15) is 4.98 Å². The van der Waals surface area contributed by atoms with E-state index in [0.717, 1.165) is 36.5 Å². The van der Waals surface area contributed by atoms with E-state index in [4.69, 9.17) is 4.52 Å². The van der Waals surface area contributed by atoms with Crippen molar-refractivity contribution in [1.29, 1.82) is 0 Å². The van der Waals surface area contributed by atoms with Gasteiger partial charge in [0.25, 0.3) is 0 Å². The number of rotatable bonds is 5. The van der Waals surface area contributed by atoms with Gasteiger partial charge in [0.05, 0.1) is 11.4 Å². The third kappa shape index (κ3) is 4.43. The van der Waals surface area contributed by atoms with E-state index >= 15 is 0 Å². The molecule has 0 aliphatic carbocycles. The Labute approximate surface area is 162 Å². The molecule has 0 unspecified atom stereocenters. The molecule has 27 heavy (non-hydrogen) atoms. The van der Waals surface area contributed by atoms with Crippen LogP contribution in [0.2, 0.25) is 0 Å². The molecular weight excluding hydrogens is 360 g/mol. The highest BCUT2D eigenvalue weighted by molar-refractivity contribution is 7.13. The number of hydrogen-bond acceptors (Lipinski definition) is 6. The van der Waals surface area contributed by atoms with Crippen LogP contribution in [0, 0.1) is 12.8 Å². The lowest BCUT2D eigenvalue weighted by Crippen LogP contribution is -2.37. The molecule has 1 aliphatic rings. The first-order chi connectivity index (χ1) is 13.2. The molecule has 7 heteroatoms. The highest BCUT2D eigenvalue weighted by Crippen LogP contribution is 2.23. The van der Waals surface area contributed by atoms with Crippen molar-refractivity contribution >= 4 is 22.9 Å². The molecule has 1 amide bonds. The van der Waals surface area contributed by atoms with E-state index in [9.17, 15) is 4.79 Å². The summed E-state index contributed by atoms with van der Waals surface area (Å²) in [7, 11) is 0. The smallest absolute Gasteiger partial charge is 0.241 e. The third-order valence-electron chi connectivity index (χ3n) is 4.85. The number of aromatic nitrogens is 2. The number of nitrogens with one attached hydrogen (secondary N) is 1. The van der Waals surface area contributed by atoms with Crippen LogP contribution in [0.4, 0.5) is 5.69 Å². The lowest BCUT2D eigenvalue weighted by molar-refractivity contribution is -0.121. The Hall–Kier alpha value is -2.51. The Morgan fingerprint density at radius 3 is 2.74 bits per heavy atom. The Balaban J connectivity index is 1.27. The molecule has 1 N–H and O–H groups in total. The Morgan fingerprint density at radius 2 is 2.04 bits per heavy atom. The molecule has 140 valence electrons. The van der Waals surface area contributed by atoms with Crippen molar-refractivity contribution in [3.63, 3.8) is 0 Å². The highest BCUT2D eigenvalue weighted by atomic mass is 32.1. The van der Waals surface area contributed by atoms with Crippen LogP contribution in [0.15, 0.2) is 46.3 Å². The van der Waals surface area contributed by atoms with Gasteiger partial charge in [-0.25, -0.2) is 0 Å². The molecule has 1 aromatic carbocycles. The maximum absolute atomic E-state index is 12.5. The molecule has 3 aromatic rings. The topological polar surface area (TPSA) is 71.3 Å². The van der Waals surface area contributed by atoms with Gasteiger partial charge in [-0.1, -0.05) is 28.9 Å². The van der Waals surface area contributed by atoms with E-state index in [2.05, 4.69) is 20.4 Å². The lowest BCUT2D eigenvalue weighted by Gasteiger charge is -2.30. The fourth-order valence-corrected chi connectivity index (χ4v) is 3.90. The molecule has 0 bridgehead atoms.